The molecule has 1 aliphatic heterocycles. The van der Waals surface area contributed by atoms with Crippen molar-refractivity contribution < 1.29 is 9.84 Å². The normalized spacial score (nSPS) is 28.6. The molecule has 1 fully saturated rings. The van der Waals surface area contributed by atoms with Gasteiger partial charge >= 0.3 is 0 Å². The van der Waals surface area contributed by atoms with Crippen molar-refractivity contribution in [2.75, 3.05) is 13.7 Å². The zero-order valence-corrected chi connectivity index (χ0v) is 12.1. The average molecular weight is 243 g/mol. The predicted molar refractivity (Wildman–Crippen MR) is 71.2 cm³/mol. The largest absolute Gasteiger partial charge is 0.390 e. The van der Waals surface area contributed by atoms with Crippen LogP contribution < -0.4 is 0 Å². The van der Waals surface area contributed by atoms with Crippen molar-refractivity contribution in [3.05, 3.63) is 0 Å². The minimum Gasteiger partial charge on any atom is -0.390 e. The van der Waals surface area contributed by atoms with Gasteiger partial charge in [0.2, 0.25) is 0 Å². The lowest BCUT2D eigenvalue weighted by atomic mass is 9.98. The van der Waals surface area contributed by atoms with Gasteiger partial charge < -0.3 is 9.84 Å². The molecule has 0 aromatic rings. The standard InChI is InChI=1S/C14H29NO2/c1-6-12-8-7-11(2)15(12)10-9-13(16)14(3,4)17-5/h11-13,16H,6-10H2,1-5H3. The number of hydrogen-bond donors (Lipinski definition) is 1. The molecule has 1 heterocycles. The van der Waals surface area contributed by atoms with Crippen LogP contribution >= 0.6 is 0 Å². The maximum absolute atomic E-state index is 10.1. The molecular weight excluding hydrogens is 214 g/mol. The monoisotopic (exact) mass is 243 g/mol. The SMILES string of the molecule is CCC1CCC(C)N1CCC(O)C(C)(C)OC. The van der Waals surface area contributed by atoms with Gasteiger partial charge in [0.05, 0.1) is 11.7 Å². The number of aliphatic hydroxyl groups is 1. The van der Waals surface area contributed by atoms with Gasteiger partial charge in [0.25, 0.3) is 0 Å². The first kappa shape index (κ1) is 14.9. The van der Waals surface area contributed by atoms with Crippen LogP contribution in [0.5, 0.6) is 0 Å². The molecule has 3 atom stereocenters. The summed E-state index contributed by atoms with van der Waals surface area (Å²) < 4.78 is 5.33. The summed E-state index contributed by atoms with van der Waals surface area (Å²) >= 11 is 0. The molecule has 0 amide bonds. The highest BCUT2D eigenvalue weighted by atomic mass is 16.5. The van der Waals surface area contributed by atoms with Crippen LogP contribution in [0.4, 0.5) is 0 Å². The topological polar surface area (TPSA) is 32.7 Å². The van der Waals surface area contributed by atoms with Crippen molar-refractivity contribution in [2.24, 2.45) is 0 Å². The Morgan fingerprint density at radius 1 is 1.41 bits per heavy atom. The van der Waals surface area contributed by atoms with Crippen molar-refractivity contribution in [3.8, 4) is 0 Å². The van der Waals surface area contributed by atoms with Gasteiger partial charge in [-0.1, -0.05) is 6.92 Å². The number of nitrogens with zero attached hydrogens (tertiary/aromatic N) is 1. The van der Waals surface area contributed by atoms with Gasteiger partial charge in [0.1, 0.15) is 0 Å². The van der Waals surface area contributed by atoms with Crippen molar-refractivity contribution in [1.29, 1.82) is 0 Å². The third-order valence-corrected chi connectivity index (χ3v) is 4.41. The molecule has 1 N–H and O–H groups in total. The van der Waals surface area contributed by atoms with Crippen LogP contribution in [0.25, 0.3) is 0 Å². The Morgan fingerprint density at radius 2 is 2.06 bits per heavy atom. The van der Waals surface area contributed by atoms with E-state index in [2.05, 4.69) is 18.7 Å². The van der Waals surface area contributed by atoms with E-state index in [1.54, 1.807) is 7.11 Å². The highest BCUT2D eigenvalue weighted by Crippen LogP contribution is 2.27. The highest BCUT2D eigenvalue weighted by Gasteiger charge is 2.32. The highest BCUT2D eigenvalue weighted by molar-refractivity contribution is 4.86. The molecule has 0 spiro atoms. The summed E-state index contributed by atoms with van der Waals surface area (Å²) in [6.07, 6.45) is 4.22. The summed E-state index contributed by atoms with van der Waals surface area (Å²) in [4.78, 5) is 2.55. The van der Waals surface area contributed by atoms with Crippen LogP contribution in [0, 0.1) is 0 Å². The fraction of sp³-hybridized carbons (Fsp3) is 1.00. The fourth-order valence-corrected chi connectivity index (χ4v) is 2.72. The molecule has 0 aromatic carbocycles. The Balaban J connectivity index is 2.44. The summed E-state index contributed by atoms with van der Waals surface area (Å²) in [6.45, 7) is 9.42. The second-order valence-electron chi connectivity index (χ2n) is 5.84. The van der Waals surface area contributed by atoms with Crippen LogP contribution in [-0.4, -0.2) is 47.4 Å². The fourth-order valence-electron chi connectivity index (χ4n) is 2.72. The van der Waals surface area contributed by atoms with Gasteiger partial charge in [-0.05, 0) is 46.5 Å². The first-order chi connectivity index (χ1) is 7.92. The Labute approximate surface area is 106 Å². The van der Waals surface area contributed by atoms with Gasteiger partial charge in [0.15, 0.2) is 0 Å². The van der Waals surface area contributed by atoms with E-state index >= 15 is 0 Å². The Hall–Kier alpha value is -0.120. The van der Waals surface area contributed by atoms with E-state index < -0.39 is 11.7 Å². The van der Waals surface area contributed by atoms with Crippen molar-refractivity contribution in [3.63, 3.8) is 0 Å². The molecular formula is C14H29NO2. The maximum Gasteiger partial charge on any atom is 0.0880 e. The molecule has 1 aliphatic rings. The lowest BCUT2D eigenvalue weighted by Crippen LogP contribution is -2.42. The van der Waals surface area contributed by atoms with Crippen LogP contribution in [-0.2, 0) is 4.74 Å². The number of aliphatic hydroxyl groups excluding tert-OH is 1. The van der Waals surface area contributed by atoms with Crippen molar-refractivity contribution >= 4 is 0 Å². The number of methoxy groups -OCH3 is 1. The molecule has 0 saturated carbocycles. The number of hydrogen-bond acceptors (Lipinski definition) is 3. The van der Waals surface area contributed by atoms with Crippen LogP contribution in [0.1, 0.15) is 53.4 Å². The minimum atomic E-state index is -0.440. The Kier molecular flexibility index (Phi) is 5.42. The van der Waals surface area contributed by atoms with E-state index in [0.29, 0.717) is 12.1 Å². The zero-order chi connectivity index (χ0) is 13.1. The number of ether oxygens (including phenoxy) is 1. The summed E-state index contributed by atoms with van der Waals surface area (Å²) in [5.41, 5.74) is -0.440. The molecule has 0 radical (unpaired) electrons. The smallest absolute Gasteiger partial charge is 0.0880 e. The summed E-state index contributed by atoms with van der Waals surface area (Å²) in [5, 5.41) is 10.1. The summed E-state index contributed by atoms with van der Waals surface area (Å²) in [6, 6.07) is 1.38. The average Bonchev–Trinajstić information content (AvgIpc) is 2.66. The molecule has 3 nitrogen and oxygen atoms in total. The van der Waals surface area contributed by atoms with Crippen molar-refractivity contribution in [2.45, 2.75) is 77.2 Å². The van der Waals surface area contributed by atoms with Gasteiger partial charge in [-0.2, -0.15) is 0 Å². The van der Waals surface area contributed by atoms with E-state index in [-0.39, 0.29) is 0 Å². The van der Waals surface area contributed by atoms with Crippen LogP contribution in [0.2, 0.25) is 0 Å². The lowest BCUT2D eigenvalue weighted by Gasteiger charge is -2.33. The lowest BCUT2D eigenvalue weighted by molar-refractivity contribution is -0.0833. The van der Waals surface area contributed by atoms with Gasteiger partial charge in [-0.25, -0.2) is 0 Å². The molecule has 1 rings (SSSR count). The van der Waals surface area contributed by atoms with E-state index in [0.717, 1.165) is 13.0 Å². The minimum absolute atomic E-state index is 0.391. The van der Waals surface area contributed by atoms with Gasteiger partial charge in [-0.3, -0.25) is 4.90 Å². The molecule has 3 unspecified atom stereocenters. The van der Waals surface area contributed by atoms with E-state index in [1.807, 2.05) is 13.8 Å². The van der Waals surface area contributed by atoms with Crippen LogP contribution in [0.3, 0.4) is 0 Å². The molecule has 1 saturated heterocycles. The van der Waals surface area contributed by atoms with Crippen LogP contribution in [0.15, 0.2) is 0 Å². The first-order valence-electron chi connectivity index (χ1n) is 6.91. The molecule has 0 aromatic heterocycles. The zero-order valence-electron chi connectivity index (χ0n) is 12.1. The second kappa shape index (κ2) is 6.17. The quantitative estimate of drug-likeness (QED) is 0.777. The molecule has 17 heavy (non-hydrogen) atoms. The second-order valence-corrected chi connectivity index (χ2v) is 5.84. The third kappa shape index (κ3) is 3.67. The number of rotatable bonds is 6. The molecule has 0 aliphatic carbocycles. The summed E-state index contributed by atoms with van der Waals surface area (Å²) in [7, 11) is 1.66. The molecule has 0 bridgehead atoms. The summed E-state index contributed by atoms with van der Waals surface area (Å²) in [5.74, 6) is 0. The van der Waals surface area contributed by atoms with E-state index in [4.69, 9.17) is 4.74 Å². The Morgan fingerprint density at radius 3 is 2.59 bits per heavy atom. The maximum atomic E-state index is 10.1. The van der Waals surface area contributed by atoms with Gasteiger partial charge in [0, 0.05) is 25.7 Å². The predicted octanol–water partition coefficient (Wildman–Crippen LogP) is 2.43. The first-order valence-corrected chi connectivity index (χ1v) is 6.91. The van der Waals surface area contributed by atoms with Gasteiger partial charge in [-0.15, -0.1) is 0 Å². The Bertz CT molecular complexity index is 230. The van der Waals surface area contributed by atoms with Crippen molar-refractivity contribution in [1.82, 2.24) is 4.90 Å². The molecule has 3 heteroatoms. The molecule has 102 valence electrons. The van der Waals surface area contributed by atoms with E-state index in [1.165, 1.54) is 19.3 Å². The number of likely N-dealkylation sites (tertiary alicyclic amines) is 1. The third-order valence-electron chi connectivity index (χ3n) is 4.41. The van der Waals surface area contributed by atoms with E-state index in [9.17, 15) is 5.11 Å².